The lowest BCUT2D eigenvalue weighted by atomic mass is 9.99. The van der Waals surface area contributed by atoms with Gasteiger partial charge in [-0.3, -0.25) is 14.9 Å². The summed E-state index contributed by atoms with van der Waals surface area (Å²) in [5, 5.41) is 8.93. The highest BCUT2D eigenvalue weighted by Crippen LogP contribution is 2.42. The molecule has 1 saturated carbocycles. The number of hydrogen-bond acceptors (Lipinski definition) is 5. The smallest absolute Gasteiger partial charge is 0.411 e. The molecule has 1 aliphatic carbocycles. The number of fused-ring (bicyclic) bond motifs is 4. The summed E-state index contributed by atoms with van der Waals surface area (Å²) < 4.78 is 4.67. The van der Waals surface area contributed by atoms with Crippen LogP contribution in [0.1, 0.15) is 77.8 Å². The van der Waals surface area contributed by atoms with Crippen LogP contribution in [0.2, 0.25) is 5.15 Å². The van der Waals surface area contributed by atoms with Crippen molar-refractivity contribution < 1.29 is 24.9 Å². The summed E-state index contributed by atoms with van der Waals surface area (Å²) in [5.41, 5.74) is 8.94. The Bertz CT molecular complexity index is 1420. The van der Waals surface area contributed by atoms with E-state index in [1.54, 1.807) is 18.2 Å². The number of aromatic amines is 1. The molecular formula is C28H32ClN6O4+. The summed E-state index contributed by atoms with van der Waals surface area (Å²) in [6.45, 7) is 0.694. The summed E-state index contributed by atoms with van der Waals surface area (Å²) in [6.07, 6.45) is 3.86. The third-order valence-corrected chi connectivity index (χ3v) is 7.41. The van der Waals surface area contributed by atoms with Crippen molar-refractivity contribution in [3.05, 3.63) is 64.1 Å². The van der Waals surface area contributed by atoms with Crippen LogP contribution >= 0.6 is 11.6 Å². The van der Waals surface area contributed by atoms with Gasteiger partial charge in [-0.05, 0) is 67.5 Å². The van der Waals surface area contributed by atoms with Crippen molar-refractivity contribution in [2.75, 3.05) is 17.7 Å². The van der Waals surface area contributed by atoms with E-state index in [9.17, 15) is 14.4 Å². The van der Waals surface area contributed by atoms with Crippen LogP contribution in [0.3, 0.4) is 0 Å². The van der Waals surface area contributed by atoms with Crippen molar-refractivity contribution in [3.63, 3.8) is 0 Å². The van der Waals surface area contributed by atoms with Crippen LogP contribution in [0.4, 0.5) is 16.2 Å². The van der Waals surface area contributed by atoms with E-state index >= 15 is 0 Å². The fourth-order valence-corrected chi connectivity index (χ4v) is 5.16. The van der Waals surface area contributed by atoms with E-state index in [2.05, 4.69) is 31.4 Å². The first-order chi connectivity index (χ1) is 18.9. The molecule has 0 saturated heterocycles. The van der Waals surface area contributed by atoms with Crippen LogP contribution in [0.15, 0.2) is 36.4 Å². The Morgan fingerprint density at radius 3 is 2.72 bits per heavy atom. The molecule has 2 heterocycles. The maximum atomic E-state index is 13.4. The van der Waals surface area contributed by atoms with Gasteiger partial charge in [-0.25, -0.2) is 9.78 Å². The van der Waals surface area contributed by atoms with Crippen molar-refractivity contribution in [3.8, 4) is 11.3 Å². The normalized spacial score (nSPS) is 17.2. The number of anilines is 2. The molecule has 1 aromatic heterocycles. The number of carbonyl (C=O) groups excluding carboxylic acids is 3. The zero-order valence-corrected chi connectivity index (χ0v) is 22.5. The molecule has 7 N–H and O–H groups in total. The number of halogens is 1. The summed E-state index contributed by atoms with van der Waals surface area (Å²) in [5.74, 6) is 0.694. The van der Waals surface area contributed by atoms with Gasteiger partial charge in [0.2, 0.25) is 5.91 Å². The van der Waals surface area contributed by atoms with Crippen LogP contribution in [0.5, 0.6) is 0 Å². The van der Waals surface area contributed by atoms with Crippen molar-refractivity contribution in [2.45, 2.75) is 57.0 Å². The Morgan fingerprint density at radius 1 is 1.15 bits per heavy atom. The number of rotatable bonds is 5. The highest BCUT2D eigenvalue weighted by molar-refractivity contribution is 6.32. The molecule has 2 bridgehead atoms. The van der Waals surface area contributed by atoms with E-state index in [1.807, 2.05) is 18.2 Å². The van der Waals surface area contributed by atoms with Crippen LogP contribution in [-0.2, 0) is 16.1 Å². The van der Waals surface area contributed by atoms with Gasteiger partial charge in [0.05, 0.1) is 25.4 Å². The second kappa shape index (κ2) is 11.5. The van der Waals surface area contributed by atoms with Gasteiger partial charge >= 0.3 is 6.09 Å². The van der Waals surface area contributed by atoms with E-state index in [1.165, 1.54) is 18.2 Å². The number of aromatic nitrogens is 2. The van der Waals surface area contributed by atoms with Crippen molar-refractivity contribution in [2.24, 2.45) is 0 Å². The fourth-order valence-electron chi connectivity index (χ4n) is 4.92. The lowest BCUT2D eigenvalue weighted by molar-refractivity contribution is -0.386. The molecule has 10 nitrogen and oxygen atoms in total. The highest BCUT2D eigenvalue weighted by Gasteiger charge is 2.28. The number of ether oxygens (including phenoxy) is 1. The predicted molar refractivity (Wildman–Crippen MR) is 147 cm³/mol. The largest absolute Gasteiger partial charge is 0.453 e. The standard InChI is InChI=1S/C28H31ClN6O4/c1-39-28(38)31-18-10-11-19-22(13-18)32-23(36)5-3-2-4-21(26-34-24(19)25(29)35-26)33-27(37)16-8-9-17(14-30)20(12-16)15-6-7-15/h8-13,15,21H,2-7,14,30H2,1H3,(H,31,38)(H,32,36)(H,33,37)(H,34,35)/p+1/t21-/m0/s1. The number of nitrogens with one attached hydrogen (secondary N) is 4. The fraction of sp³-hybridized carbons (Fsp3) is 0.357. The van der Waals surface area contributed by atoms with Crippen LogP contribution in [0.25, 0.3) is 11.3 Å². The monoisotopic (exact) mass is 551 g/mol. The van der Waals surface area contributed by atoms with Crippen LogP contribution in [0, 0.1) is 0 Å². The maximum Gasteiger partial charge on any atom is 0.411 e. The second-order valence-corrected chi connectivity index (χ2v) is 10.3. The number of amides is 3. The maximum absolute atomic E-state index is 13.4. The Hall–Kier alpha value is -3.89. The third-order valence-electron chi connectivity index (χ3n) is 7.14. The number of benzene rings is 2. The van der Waals surface area contributed by atoms with Crippen molar-refractivity contribution in [1.29, 1.82) is 0 Å². The molecule has 5 rings (SSSR count). The number of nitrogens with zero attached hydrogens (tertiary/aromatic N) is 1. The van der Waals surface area contributed by atoms with Gasteiger partial charge in [0, 0.05) is 28.8 Å². The summed E-state index contributed by atoms with van der Waals surface area (Å²) in [7, 11) is 1.27. The number of quaternary nitrogens is 1. The Kier molecular flexibility index (Phi) is 7.85. The Morgan fingerprint density at radius 2 is 1.97 bits per heavy atom. The quantitative estimate of drug-likeness (QED) is 0.316. The van der Waals surface area contributed by atoms with Crippen molar-refractivity contribution in [1.82, 2.24) is 15.3 Å². The Labute approximate surface area is 231 Å². The SMILES string of the molecule is COC(=O)Nc1ccc2c(c1)NC(=O)CCCC[C@H](NC(=O)c1ccc(C[NH3+])c(C3CC3)c1)c1nc-2c(Cl)[nH]1. The van der Waals surface area contributed by atoms with E-state index in [-0.39, 0.29) is 17.0 Å². The Balaban J connectivity index is 1.45. The molecule has 1 aliphatic heterocycles. The second-order valence-electron chi connectivity index (χ2n) is 9.92. The minimum atomic E-state index is -0.627. The van der Waals surface area contributed by atoms with Gasteiger partial charge < -0.3 is 26.1 Å². The molecule has 1 atom stereocenters. The molecule has 11 heteroatoms. The highest BCUT2D eigenvalue weighted by atomic mass is 35.5. The molecule has 2 aliphatic rings. The van der Waals surface area contributed by atoms with E-state index in [0.717, 1.165) is 12.8 Å². The van der Waals surface area contributed by atoms with Gasteiger partial charge in [0.1, 0.15) is 16.7 Å². The first-order valence-electron chi connectivity index (χ1n) is 13.1. The number of hydrogen-bond donors (Lipinski definition) is 5. The molecule has 0 spiro atoms. The van der Waals surface area contributed by atoms with Crippen molar-refractivity contribution >= 4 is 40.9 Å². The van der Waals surface area contributed by atoms with Crippen LogP contribution < -0.4 is 21.7 Å². The number of carbonyl (C=O) groups is 3. The molecule has 3 aromatic rings. The lowest BCUT2D eigenvalue weighted by Crippen LogP contribution is -2.47. The molecule has 1 fully saturated rings. The zero-order chi connectivity index (χ0) is 27.5. The van der Waals surface area contributed by atoms with Gasteiger partial charge in [-0.2, -0.15) is 0 Å². The number of imidazole rings is 1. The first-order valence-corrected chi connectivity index (χ1v) is 13.5. The number of H-pyrrole nitrogens is 1. The molecule has 2 aromatic carbocycles. The number of methoxy groups -OCH3 is 1. The molecular weight excluding hydrogens is 520 g/mol. The molecule has 0 unspecified atom stereocenters. The summed E-state index contributed by atoms with van der Waals surface area (Å²) >= 11 is 6.60. The van der Waals surface area contributed by atoms with Crippen LogP contribution in [-0.4, -0.2) is 35.0 Å². The van der Waals surface area contributed by atoms with Gasteiger partial charge in [-0.15, -0.1) is 0 Å². The average molecular weight is 552 g/mol. The minimum Gasteiger partial charge on any atom is -0.453 e. The van der Waals surface area contributed by atoms with E-state index in [4.69, 9.17) is 16.6 Å². The van der Waals surface area contributed by atoms with Gasteiger partial charge in [0.15, 0.2) is 0 Å². The van der Waals surface area contributed by atoms with E-state index < -0.39 is 12.1 Å². The molecule has 0 radical (unpaired) electrons. The molecule has 204 valence electrons. The van der Waals surface area contributed by atoms with E-state index in [0.29, 0.717) is 72.2 Å². The first kappa shape index (κ1) is 26.7. The third kappa shape index (κ3) is 6.07. The minimum absolute atomic E-state index is 0.169. The topological polar surface area (TPSA) is 153 Å². The van der Waals surface area contributed by atoms with Gasteiger partial charge in [0.25, 0.3) is 5.91 Å². The zero-order valence-electron chi connectivity index (χ0n) is 21.7. The lowest BCUT2D eigenvalue weighted by Gasteiger charge is -2.18. The van der Waals surface area contributed by atoms with Gasteiger partial charge in [-0.1, -0.05) is 24.1 Å². The molecule has 39 heavy (non-hydrogen) atoms. The molecule has 3 amide bonds. The average Bonchev–Trinajstić information content (AvgIpc) is 3.71. The summed E-state index contributed by atoms with van der Waals surface area (Å²) in [6, 6.07) is 10.4. The predicted octanol–water partition coefficient (Wildman–Crippen LogP) is 4.51. The summed E-state index contributed by atoms with van der Waals surface area (Å²) in [4.78, 5) is 45.7.